The standard InChI is InChI=1S/C19H21N3O2S2/c1-13(2)11-15(14-7-4-3-5-8-14)20-17(23)12-26-19-22-21-18(24-19)16-9-6-10-25-16/h3-10,13,15H,11-12H2,1-2H3,(H,20,23)/t15-/m0/s1. The third kappa shape index (κ3) is 5.19. The number of nitrogens with one attached hydrogen (secondary N) is 1. The van der Waals surface area contributed by atoms with Crippen molar-refractivity contribution in [2.45, 2.75) is 31.5 Å². The summed E-state index contributed by atoms with van der Waals surface area (Å²) in [5.74, 6) is 1.18. The number of thiophene rings is 1. The molecule has 7 heteroatoms. The number of hydrogen-bond acceptors (Lipinski definition) is 6. The van der Waals surface area contributed by atoms with E-state index in [2.05, 4.69) is 29.4 Å². The van der Waals surface area contributed by atoms with Crippen LogP contribution in [0.4, 0.5) is 0 Å². The van der Waals surface area contributed by atoms with Crippen molar-refractivity contribution in [3.8, 4) is 10.8 Å². The molecule has 2 aromatic heterocycles. The van der Waals surface area contributed by atoms with E-state index < -0.39 is 0 Å². The van der Waals surface area contributed by atoms with Gasteiger partial charge in [-0.1, -0.05) is 62.0 Å². The van der Waals surface area contributed by atoms with Gasteiger partial charge >= 0.3 is 0 Å². The fourth-order valence-corrected chi connectivity index (χ4v) is 3.78. The van der Waals surface area contributed by atoms with Crippen LogP contribution in [-0.2, 0) is 4.79 Å². The van der Waals surface area contributed by atoms with Gasteiger partial charge in [0, 0.05) is 0 Å². The number of carbonyl (C=O) groups is 1. The molecule has 0 saturated carbocycles. The van der Waals surface area contributed by atoms with Crippen molar-refractivity contribution in [1.29, 1.82) is 0 Å². The van der Waals surface area contributed by atoms with E-state index in [0.717, 1.165) is 16.9 Å². The maximum atomic E-state index is 12.4. The normalized spacial score (nSPS) is 12.3. The largest absolute Gasteiger partial charge is 0.410 e. The van der Waals surface area contributed by atoms with Gasteiger partial charge in [-0.15, -0.1) is 21.5 Å². The third-order valence-corrected chi connectivity index (χ3v) is 5.39. The van der Waals surface area contributed by atoms with Crippen LogP contribution in [0.5, 0.6) is 0 Å². The summed E-state index contributed by atoms with van der Waals surface area (Å²) in [5, 5.41) is 13.5. The minimum Gasteiger partial charge on any atom is -0.410 e. The van der Waals surface area contributed by atoms with Gasteiger partial charge in [0.2, 0.25) is 5.91 Å². The van der Waals surface area contributed by atoms with Gasteiger partial charge in [0.1, 0.15) is 0 Å². The highest BCUT2D eigenvalue weighted by molar-refractivity contribution is 7.99. The fraction of sp³-hybridized carbons (Fsp3) is 0.316. The Labute approximate surface area is 161 Å². The van der Waals surface area contributed by atoms with Gasteiger partial charge < -0.3 is 9.73 Å². The topological polar surface area (TPSA) is 68.0 Å². The Balaban J connectivity index is 1.57. The fourth-order valence-electron chi connectivity index (χ4n) is 2.57. The van der Waals surface area contributed by atoms with Crippen molar-refractivity contribution >= 4 is 29.0 Å². The number of carbonyl (C=O) groups excluding carboxylic acids is 1. The Hall–Kier alpha value is -2.12. The monoisotopic (exact) mass is 387 g/mol. The molecule has 1 atom stereocenters. The molecule has 3 aromatic rings. The molecule has 5 nitrogen and oxygen atoms in total. The van der Waals surface area contributed by atoms with Crippen molar-refractivity contribution in [3.05, 3.63) is 53.4 Å². The summed E-state index contributed by atoms with van der Waals surface area (Å²) in [6.07, 6.45) is 0.892. The molecule has 2 heterocycles. The highest BCUT2D eigenvalue weighted by Gasteiger charge is 2.17. The minimum absolute atomic E-state index is 0.00802. The van der Waals surface area contributed by atoms with Crippen LogP contribution in [0.2, 0.25) is 0 Å². The number of aromatic nitrogens is 2. The molecule has 0 radical (unpaired) electrons. The first-order valence-corrected chi connectivity index (χ1v) is 10.3. The third-order valence-electron chi connectivity index (χ3n) is 3.71. The molecule has 26 heavy (non-hydrogen) atoms. The number of rotatable bonds is 8. The lowest BCUT2D eigenvalue weighted by Gasteiger charge is -2.21. The molecular weight excluding hydrogens is 366 g/mol. The van der Waals surface area contributed by atoms with Crippen LogP contribution in [0.1, 0.15) is 31.9 Å². The molecule has 0 spiro atoms. The zero-order chi connectivity index (χ0) is 18.4. The minimum atomic E-state index is -0.0413. The van der Waals surface area contributed by atoms with Crippen LogP contribution in [0.3, 0.4) is 0 Å². The summed E-state index contributed by atoms with van der Waals surface area (Å²) in [4.78, 5) is 13.3. The summed E-state index contributed by atoms with van der Waals surface area (Å²) in [7, 11) is 0. The summed E-state index contributed by atoms with van der Waals surface area (Å²) in [6, 6.07) is 13.9. The van der Waals surface area contributed by atoms with E-state index in [1.54, 1.807) is 11.3 Å². The Morgan fingerprint density at radius 1 is 1.19 bits per heavy atom. The molecule has 3 rings (SSSR count). The van der Waals surface area contributed by atoms with E-state index in [4.69, 9.17) is 4.42 Å². The molecule has 0 saturated heterocycles. The molecule has 0 aliphatic heterocycles. The lowest BCUT2D eigenvalue weighted by molar-refractivity contribution is -0.119. The zero-order valence-corrected chi connectivity index (χ0v) is 16.3. The molecule has 0 aliphatic carbocycles. The Bertz CT molecular complexity index is 816. The van der Waals surface area contributed by atoms with Gasteiger partial charge in [0.25, 0.3) is 11.1 Å². The molecule has 0 fully saturated rings. The maximum Gasteiger partial charge on any atom is 0.277 e. The Morgan fingerprint density at radius 2 is 2.00 bits per heavy atom. The van der Waals surface area contributed by atoms with Gasteiger partial charge in [-0.2, -0.15) is 0 Å². The second-order valence-corrected chi connectivity index (χ2v) is 8.17. The average molecular weight is 388 g/mol. The zero-order valence-electron chi connectivity index (χ0n) is 14.7. The SMILES string of the molecule is CC(C)C[C@H](NC(=O)CSc1nnc(-c2cccs2)o1)c1ccccc1. The van der Waals surface area contributed by atoms with Crippen molar-refractivity contribution in [2.75, 3.05) is 5.75 Å². The van der Waals surface area contributed by atoms with Gasteiger partial charge in [-0.3, -0.25) is 4.79 Å². The number of benzene rings is 1. The van der Waals surface area contributed by atoms with Gasteiger partial charge in [0.05, 0.1) is 16.7 Å². The van der Waals surface area contributed by atoms with Gasteiger partial charge in [-0.25, -0.2) is 0 Å². The molecule has 0 bridgehead atoms. The van der Waals surface area contributed by atoms with E-state index >= 15 is 0 Å². The van der Waals surface area contributed by atoms with Gasteiger partial charge in [-0.05, 0) is 29.3 Å². The van der Waals surface area contributed by atoms with Crippen molar-refractivity contribution in [3.63, 3.8) is 0 Å². The van der Waals surface area contributed by atoms with Crippen molar-refractivity contribution in [1.82, 2.24) is 15.5 Å². The predicted molar refractivity (Wildman–Crippen MR) is 105 cm³/mol. The molecule has 0 aliphatic rings. The Kier molecular flexibility index (Phi) is 6.46. The summed E-state index contributed by atoms with van der Waals surface area (Å²) in [5.41, 5.74) is 1.12. The van der Waals surface area contributed by atoms with Crippen LogP contribution >= 0.6 is 23.1 Å². The quantitative estimate of drug-likeness (QED) is 0.563. The van der Waals surface area contributed by atoms with E-state index in [1.807, 2.05) is 47.8 Å². The van der Waals surface area contributed by atoms with E-state index in [9.17, 15) is 4.79 Å². The van der Waals surface area contributed by atoms with Crippen LogP contribution in [0, 0.1) is 5.92 Å². The van der Waals surface area contributed by atoms with Crippen LogP contribution in [-0.4, -0.2) is 21.9 Å². The second-order valence-electron chi connectivity index (χ2n) is 6.30. The smallest absolute Gasteiger partial charge is 0.277 e. The number of thioether (sulfide) groups is 1. The summed E-state index contributed by atoms with van der Waals surface area (Å²) in [6.45, 7) is 4.31. The lowest BCUT2D eigenvalue weighted by Crippen LogP contribution is -2.30. The van der Waals surface area contributed by atoms with Crippen LogP contribution in [0.15, 0.2) is 57.5 Å². The second kappa shape index (κ2) is 9.00. The highest BCUT2D eigenvalue weighted by atomic mass is 32.2. The van der Waals surface area contributed by atoms with E-state index in [1.165, 1.54) is 11.8 Å². The predicted octanol–water partition coefficient (Wildman–Crippen LogP) is 4.79. The molecule has 136 valence electrons. The van der Waals surface area contributed by atoms with Crippen molar-refractivity contribution in [2.24, 2.45) is 5.92 Å². The number of hydrogen-bond donors (Lipinski definition) is 1. The molecule has 1 aromatic carbocycles. The van der Waals surface area contributed by atoms with E-state index in [0.29, 0.717) is 17.0 Å². The molecular formula is C19H21N3O2S2. The lowest BCUT2D eigenvalue weighted by atomic mass is 9.97. The molecule has 1 N–H and O–H groups in total. The number of amides is 1. The summed E-state index contributed by atoms with van der Waals surface area (Å²) >= 11 is 2.80. The van der Waals surface area contributed by atoms with Crippen LogP contribution in [0.25, 0.3) is 10.8 Å². The molecule has 1 amide bonds. The maximum absolute atomic E-state index is 12.4. The van der Waals surface area contributed by atoms with Gasteiger partial charge in [0.15, 0.2) is 0 Å². The first kappa shape index (κ1) is 18.7. The Morgan fingerprint density at radius 3 is 2.69 bits per heavy atom. The van der Waals surface area contributed by atoms with Crippen LogP contribution < -0.4 is 5.32 Å². The average Bonchev–Trinajstić information content (AvgIpc) is 3.31. The first-order valence-electron chi connectivity index (χ1n) is 8.46. The first-order chi connectivity index (χ1) is 12.6. The molecule has 0 unspecified atom stereocenters. The summed E-state index contributed by atoms with van der Waals surface area (Å²) < 4.78 is 5.60. The number of nitrogens with zero attached hydrogens (tertiary/aromatic N) is 2. The van der Waals surface area contributed by atoms with E-state index in [-0.39, 0.29) is 17.7 Å². The van der Waals surface area contributed by atoms with Crippen molar-refractivity contribution < 1.29 is 9.21 Å². The highest BCUT2D eigenvalue weighted by Crippen LogP contribution is 2.27.